The molecule has 56 heteroatoms. The topological polar surface area (TPSA) is 752 Å². The third kappa shape index (κ3) is 29.1. The predicted molar refractivity (Wildman–Crippen MR) is 469 cm³/mol. The molecule has 0 atom stereocenters. The first-order valence-corrected chi connectivity index (χ1v) is 43.5. The van der Waals surface area contributed by atoms with Crippen molar-refractivity contribution in [3.05, 3.63) is 190 Å². The molecule has 0 amide bonds. The molecule has 0 bridgehead atoms. The molecule has 10 aromatic rings. The number of hydrogen-bond donors (Lipinski definition) is 16. The summed E-state index contributed by atoms with van der Waals surface area (Å²) in [6.07, 6.45) is -0.0981. The Kier molecular flexibility index (Phi) is 34.4. The maximum absolute atomic E-state index is 12.3. The second-order valence-corrected chi connectivity index (χ2v) is 31.9. The molecule has 0 saturated carbocycles. The SMILES string of the molecule is O=C(O)c1ccc(C(=O)O)c(N=Nc2ccc(Nc3nc(Nc4ccc(N=Nc5cc(C(=O)O)ccc5C(=O)O)cc4OCCCS(=O)(=O)O)nc(N4CCN(c5nc(Nc6ccc(N=Nc7cc(C(=O)O)ccc7C(=O)O)cc6OCCCSOOO)nc(Nc6ccc(N=Nc7cc(C(=O)O)ccc7C(=O)O)cc6OCCCS(=O)(=O)O)n5)CC4)n3)c(OCCCSOOO)c2)c1. The van der Waals surface area contributed by atoms with Gasteiger partial charge < -0.3 is 90.9 Å². The molecule has 11 rings (SSSR count). The quantitative estimate of drug-likeness (QED) is 0.00420. The van der Waals surface area contributed by atoms with Gasteiger partial charge in [0.05, 0.1) is 128 Å². The number of nitrogens with zero attached hydrogens (tertiary/aromatic N) is 16. The van der Waals surface area contributed by atoms with E-state index in [9.17, 15) is 105 Å². The highest BCUT2D eigenvalue weighted by molar-refractivity contribution is 7.94. The normalized spacial score (nSPS) is 12.3. The third-order valence-corrected chi connectivity index (χ3v) is 20.8. The lowest BCUT2D eigenvalue weighted by Crippen LogP contribution is -2.48. The Morgan fingerprint density at radius 2 is 0.575 bits per heavy atom. The van der Waals surface area contributed by atoms with Crippen molar-refractivity contribution in [3.63, 3.8) is 0 Å². The zero-order valence-electron chi connectivity index (χ0n) is 68.5. The van der Waals surface area contributed by atoms with Gasteiger partial charge in [-0.25, -0.2) is 48.9 Å². The molecule has 1 fully saturated rings. The van der Waals surface area contributed by atoms with E-state index in [4.69, 9.17) is 59.4 Å². The standard InChI is InChI=1S/C78H72N20O32S4/c99-65(100)41-5-13-49(69(107)108)57(33-41)93-89-45-9-17-53(61(37-45)123-25-1-29-131-129-127-115)79-73-83-75(81-55-19-11-47(39-63(55)125-27-3-31-133(117,118)119)91-95-59-35-43(67(103)104)7-15-51(59)71(111)112)87-77(85-73)97-21-23-98(24-22-97)78-86-74(80-54-18-10-46(38-62(54)124-26-2-30-132-130-128-116)90-94-58-34-42(66(101)102)6-14-50(58)70(109)110)84-76(88-78)82-56-20-12-48(40-64(56)126-28-4-32-134(120,121)122)92-96-60-36-44(68(105)106)8-16-52(60)72(113)114/h5-20,33-40,115-116H,1-4,21-32H2,(H,99,100)(H,101,102)(H,103,104)(H,105,106)(H,107,108)(H,109,110)(H,111,112)(H,113,114)(H,117,118,119)(H,120,121,122)(H2,79,81,83,85,87)(H2,80,82,84,86,88). The number of aromatic carboxylic acids is 8. The second kappa shape index (κ2) is 46.7. The van der Waals surface area contributed by atoms with Gasteiger partial charge in [0.2, 0.25) is 35.7 Å². The number of nitrogens with one attached hydrogen (secondary N) is 4. The Bertz CT molecular complexity index is 6080. The van der Waals surface area contributed by atoms with E-state index in [2.05, 4.69) is 80.9 Å². The number of piperazine rings is 1. The number of hydrogen-bond acceptors (Lipinski definition) is 44. The molecule has 0 spiro atoms. The first-order valence-electron chi connectivity index (χ1n) is 38.5. The lowest BCUT2D eigenvalue weighted by atomic mass is 10.1. The number of anilines is 10. The highest BCUT2D eigenvalue weighted by atomic mass is 32.2. The first-order chi connectivity index (χ1) is 64.1. The van der Waals surface area contributed by atoms with Crippen molar-refractivity contribution in [2.45, 2.75) is 25.7 Å². The Labute approximate surface area is 761 Å². The summed E-state index contributed by atoms with van der Waals surface area (Å²) in [7, 11) is -9.05. The van der Waals surface area contributed by atoms with Gasteiger partial charge in [0.15, 0.2) is 0 Å². The molecule has 134 heavy (non-hydrogen) atoms. The minimum absolute atomic E-state index is 0.0145. The van der Waals surface area contributed by atoms with Gasteiger partial charge in [-0.2, -0.15) is 67.2 Å². The van der Waals surface area contributed by atoms with Crippen molar-refractivity contribution in [2.75, 3.05) is 107 Å². The summed E-state index contributed by atoms with van der Waals surface area (Å²) in [5, 5.41) is 149. The molecule has 8 aromatic carbocycles. The first kappa shape index (κ1) is 98.8. The molecule has 700 valence electrons. The van der Waals surface area contributed by atoms with E-state index in [1.807, 2.05) is 0 Å². The highest BCUT2D eigenvalue weighted by Crippen LogP contribution is 2.41. The highest BCUT2D eigenvalue weighted by Gasteiger charge is 2.28. The Morgan fingerprint density at radius 3 is 0.799 bits per heavy atom. The van der Waals surface area contributed by atoms with Crippen LogP contribution in [0.15, 0.2) is 187 Å². The van der Waals surface area contributed by atoms with Gasteiger partial charge in [0.1, 0.15) is 45.7 Å². The minimum atomic E-state index is -4.52. The van der Waals surface area contributed by atoms with E-state index in [1.54, 1.807) is 9.80 Å². The van der Waals surface area contributed by atoms with Crippen LogP contribution in [0.4, 0.5) is 104 Å². The number of carboxylic acids is 8. The Morgan fingerprint density at radius 1 is 0.328 bits per heavy atom. The lowest BCUT2D eigenvalue weighted by molar-refractivity contribution is -0.432. The van der Waals surface area contributed by atoms with Crippen molar-refractivity contribution in [3.8, 4) is 23.0 Å². The number of rotatable bonds is 50. The average Bonchev–Trinajstić information content (AvgIpc) is 0.797. The molecule has 1 aliphatic heterocycles. The van der Waals surface area contributed by atoms with Gasteiger partial charge in [-0.05, 0) is 147 Å². The summed E-state index contributed by atoms with van der Waals surface area (Å²) in [5.74, 6) is -13.9. The second-order valence-electron chi connectivity index (χ2n) is 27.2. The zero-order valence-corrected chi connectivity index (χ0v) is 71.8. The van der Waals surface area contributed by atoms with Crippen molar-refractivity contribution >= 4 is 196 Å². The maximum atomic E-state index is 12.3. The van der Waals surface area contributed by atoms with Crippen molar-refractivity contribution in [2.24, 2.45) is 40.9 Å². The number of carboxylic acid groups (broad SMARTS) is 8. The van der Waals surface area contributed by atoms with E-state index in [0.29, 0.717) is 0 Å². The fourth-order valence-electron chi connectivity index (χ4n) is 11.7. The van der Waals surface area contributed by atoms with Gasteiger partial charge in [-0.3, -0.25) is 9.11 Å². The van der Waals surface area contributed by atoms with Crippen LogP contribution < -0.4 is 50.0 Å². The monoisotopic (exact) mass is 1930 g/mol. The van der Waals surface area contributed by atoms with Crippen LogP contribution >= 0.6 is 24.1 Å². The minimum Gasteiger partial charge on any atom is -0.491 e. The van der Waals surface area contributed by atoms with Crippen LogP contribution in [-0.2, 0) is 39.0 Å². The van der Waals surface area contributed by atoms with E-state index in [0.717, 1.165) is 96.9 Å². The number of carbonyl (C=O) groups is 8. The number of azo groups is 4. The van der Waals surface area contributed by atoms with Crippen LogP contribution in [0.2, 0.25) is 0 Å². The molecule has 52 nitrogen and oxygen atoms in total. The summed E-state index contributed by atoms with van der Waals surface area (Å²) >= 11 is 1.45. The summed E-state index contributed by atoms with van der Waals surface area (Å²) < 4.78 is 101. The molecule has 1 saturated heterocycles. The molecule has 16 N–H and O–H groups in total. The van der Waals surface area contributed by atoms with Crippen LogP contribution in [0.5, 0.6) is 23.0 Å². The summed E-state index contributed by atoms with van der Waals surface area (Å²) in [6.45, 7) is -0.983. The molecule has 3 heterocycles. The van der Waals surface area contributed by atoms with Crippen LogP contribution in [0.25, 0.3) is 0 Å². The van der Waals surface area contributed by atoms with Gasteiger partial charge in [0, 0.05) is 86.0 Å². The largest absolute Gasteiger partial charge is 0.491 e. The van der Waals surface area contributed by atoms with E-state index >= 15 is 0 Å². The Balaban J connectivity index is 1.00. The van der Waals surface area contributed by atoms with Crippen LogP contribution in [-0.4, -0.2) is 231 Å². The molecule has 0 unspecified atom stereocenters. The fraction of sp³-hybridized carbons (Fsp3) is 0.205. The van der Waals surface area contributed by atoms with Gasteiger partial charge in [-0.15, -0.1) is 29.1 Å². The molecular formula is C78H72N20O32S4. The average molecular weight is 1930 g/mol. The van der Waals surface area contributed by atoms with E-state index in [-0.39, 0.29) is 239 Å². The predicted octanol–water partition coefficient (Wildman–Crippen LogP) is 14.6. The Hall–Kier alpha value is -15.8. The maximum Gasteiger partial charge on any atom is 0.337 e. The van der Waals surface area contributed by atoms with E-state index in [1.165, 1.54) is 72.8 Å². The molecule has 0 radical (unpaired) electrons. The van der Waals surface area contributed by atoms with Gasteiger partial charge in [0.25, 0.3) is 20.2 Å². The summed E-state index contributed by atoms with van der Waals surface area (Å²) in [6, 6.07) is 28.8. The molecule has 1 aliphatic rings. The van der Waals surface area contributed by atoms with E-state index < -0.39 is 102 Å². The lowest BCUT2D eigenvalue weighted by Gasteiger charge is -2.35. The third-order valence-electron chi connectivity index (χ3n) is 18.0. The van der Waals surface area contributed by atoms with Crippen LogP contribution in [0, 0.1) is 0 Å². The molecule has 2 aromatic heterocycles. The number of benzene rings is 8. The summed E-state index contributed by atoms with van der Waals surface area (Å²) in [4.78, 5) is 129. The smallest absolute Gasteiger partial charge is 0.337 e. The molecule has 0 aliphatic carbocycles. The van der Waals surface area contributed by atoms with Gasteiger partial charge in [-0.1, -0.05) is 10.1 Å². The van der Waals surface area contributed by atoms with Crippen molar-refractivity contribution in [1.29, 1.82) is 0 Å². The van der Waals surface area contributed by atoms with Crippen LogP contribution in [0.3, 0.4) is 0 Å². The molecular weight excluding hydrogens is 1860 g/mol. The van der Waals surface area contributed by atoms with Crippen LogP contribution in [0.1, 0.15) is 109 Å². The fourth-order valence-corrected chi connectivity index (χ4v) is 13.4. The van der Waals surface area contributed by atoms with Gasteiger partial charge >= 0.3 is 47.8 Å². The van der Waals surface area contributed by atoms with Crippen molar-refractivity contribution < 1.29 is 153 Å². The number of ether oxygens (including phenoxy) is 4. The van der Waals surface area contributed by atoms with Crippen molar-refractivity contribution in [1.82, 2.24) is 29.9 Å². The zero-order chi connectivity index (χ0) is 96.2. The summed E-state index contributed by atoms with van der Waals surface area (Å²) in [5.41, 5.74) is -3.97. The number of aromatic nitrogens is 6.